The van der Waals surface area contributed by atoms with Crippen LogP contribution < -0.4 is 15.9 Å². The Morgan fingerprint density at radius 2 is 0.884 bits per heavy atom. The Kier molecular flexibility index (Phi) is 13.2. The van der Waals surface area contributed by atoms with Crippen LogP contribution in [0.2, 0.25) is 15.1 Å². The normalized spacial score (nSPS) is 12.9. The van der Waals surface area contributed by atoms with E-state index in [1.54, 1.807) is 0 Å². The molecule has 43 heavy (non-hydrogen) atoms. The van der Waals surface area contributed by atoms with Crippen molar-refractivity contribution < 1.29 is 43.2 Å². The molecule has 0 aromatic heterocycles. The summed E-state index contributed by atoms with van der Waals surface area (Å²) in [7, 11) is -15.3. The van der Waals surface area contributed by atoms with Crippen molar-refractivity contribution in [2.45, 2.75) is 43.6 Å². The number of rotatable bonds is 10. The Morgan fingerprint density at radius 1 is 0.581 bits per heavy atom. The number of unbranched alkanes of at least 4 members (excludes halogenated alkanes) is 3. The highest BCUT2D eigenvalue weighted by atomic mass is 35.5. The van der Waals surface area contributed by atoms with Crippen LogP contribution in [0.15, 0.2) is 72.8 Å². The molecule has 0 aliphatic carbocycles. The zero-order chi connectivity index (χ0) is 32.7. The first-order chi connectivity index (χ1) is 19.8. The zero-order valence-electron chi connectivity index (χ0n) is 22.2. The Balaban J connectivity index is 0.000000367. The van der Waals surface area contributed by atoms with Gasteiger partial charge in [-0.15, -0.1) is 0 Å². The SMILES string of the molecule is CCCCCC[P+](c1ccc(Cl)cc1)(c1ccc(Cl)cc1)c1ccc(Cl)cc1.O=S(=O)([N-]S(=O)(=O)C(F)(F)F)C(F)(F)F. The molecular weight excluding hydrogens is 706 g/mol. The standard InChI is InChI=1S/C24H25Cl3P.C2F6NO4S2/c1-2-3-4-5-18-28(22-12-6-19(25)7-13-22,23-14-8-20(26)9-15-23)24-16-10-21(27)11-17-24;3-1(4,5)14(10,11)9-15(12,13)2(6,7)8/h6-17H,2-5,18H2,1H3;/q+1;-1. The molecule has 5 nitrogen and oxygen atoms in total. The lowest BCUT2D eigenvalue weighted by molar-refractivity contribution is -0.0444. The molecule has 0 amide bonds. The van der Waals surface area contributed by atoms with Crippen molar-refractivity contribution in [3.8, 4) is 0 Å². The monoisotopic (exact) mass is 729 g/mol. The predicted octanol–water partition coefficient (Wildman–Crippen LogP) is 8.58. The molecule has 3 aromatic carbocycles. The number of nitrogens with zero attached hydrogens (tertiary/aromatic N) is 1. The fraction of sp³-hybridized carbons (Fsp3) is 0.308. The third-order valence-electron chi connectivity index (χ3n) is 5.93. The van der Waals surface area contributed by atoms with E-state index in [2.05, 4.69) is 43.3 Å². The maximum atomic E-state index is 11.4. The lowest BCUT2D eigenvalue weighted by atomic mass is 10.2. The number of hydrogen-bond acceptors (Lipinski definition) is 4. The van der Waals surface area contributed by atoms with Gasteiger partial charge in [0.15, 0.2) is 20.0 Å². The second kappa shape index (κ2) is 15.1. The van der Waals surface area contributed by atoms with E-state index in [9.17, 15) is 43.2 Å². The Morgan fingerprint density at radius 3 is 1.14 bits per heavy atom. The number of sulfonamides is 2. The topological polar surface area (TPSA) is 82.4 Å². The minimum atomic E-state index is -6.72. The minimum absolute atomic E-state index is 0.764. The van der Waals surface area contributed by atoms with Gasteiger partial charge in [0, 0.05) is 15.1 Å². The van der Waals surface area contributed by atoms with Gasteiger partial charge >= 0.3 is 11.0 Å². The third kappa shape index (κ3) is 9.94. The van der Waals surface area contributed by atoms with Gasteiger partial charge in [0.05, 0.1) is 6.16 Å². The van der Waals surface area contributed by atoms with Gasteiger partial charge in [0.1, 0.15) is 23.2 Å². The summed E-state index contributed by atoms with van der Waals surface area (Å²) in [6.45, 7) is 2.25. The Bertz CT molecular complexity index is 1400. The molecule has 0 aliphatic heterocycles. The highest BCUT2D eigenvalue weighted by molar-refractivity contribution is 8.13. The van der Waals surface area contributed by atoms with Crippen molar-refractivity contribution in [2.24, 2.45) is 0 Å². The summed E-state index contributed by atoms with van der Waals surface area (Å²) in [5.41, 5.74) is -12.4. The summed E-state index contributed by atoms with van der Waals surface area (Å²) in [6, 6.07) is 25.2. The summed E-state index contributed by atoms with van der Waals surface area (Å²) in [5, 5.41) is 6.33. The molecule has 3 rings (SSSR count). The largest absolute Gasteiger partial charge is 0.480 e. The molecule has 0 radical (unpaired) electrons. The van der Waals surface area contributed by atoms with Gasteiger partial charge in [-0.3, -0.25) is 0 Å². The molecular formula is C26H25Cl3F6NO4PS2. The van der Waals surface area contributed by atoms with Gasteiger partial charge in [-0.25, -0.2) is 16.8 Å². The van der Waals surface area contributed by atoms with Crippen LogP contribution in [-0.4, -0.2) is 34.0 Å². The van der Waals surface area contributed by atoms with Crippen LogP contribution in [0.4, 0.5) is 26.3 Å². The van der Waals surface area contributed by atoms with Gasteiger partial charge in [-0.2, -0.15) is 26.3 Å². The first kappa shape index (κ1) is 37.6. The van der Waals surface area contributed by atoms with Crippen molar-refractivity contribution >= 4 is 78.0 Å². The van der Waals surface area contributed by atoms with Crippen LogP contribution in [0.3, 0.4) is 0 Å². The van der Waals surface area contributed by atoms with E-state index >= 15 is 0 Å². The van der Waals surface area contributed by atoms with E-state index < -0.39 is 38.3 Å². The maximum absolute atomic E-state index is 11.4. The van der Waals surface area contributed by atoms with Crippen molar-refractivity contribution in [3.63, 3.8) is 0 Å². The number of halogens is 9. The lowest BCUT2D eigenvalue weighted by Gasteiger charge is -2.28. The van der Waals surface area contributed by atoms with Gasteiger partial charge in [-0.05, 0) is 85.6 Å². The van der Waals surface area contributed by atoms with Crippen molar-refractivity contribution in [2.75, 3.05) is 6.16 Å². The molecule has 0 saturated heterocycles. The second-order valence-electron chi connectivity index (χ2n) is 8.94. The molecule has 0 N–H and O–H groups in total. The summed E-state index contributed by atoms with van der Waals surface area (Å²) < 4.78 is 109. The molecule has 0 heterocycles. The minimum Gasteiger partial charge on any atom is -0.421 e. The van der Waals surface area contributed by atoms with E-state index in [0.29, 0.717) is 0 Å². The molecule has 0 atom stereocenters. The zero-order valence-corrected chi connectivity index (χ0v) is 27.0. The molecule has 0 unspecified atom stereocenters. The first-order valence-electron chi connectivity index (χ1n) is 12.3. The molecule has 0 spiro atoms. The molecule has 0 aliphatic rings. The van der Waals surface area contributed by atoms with Gasteiger partial charge in [-0.1, -0.05) is 54.6 Å². The fourth-order valence-electron chi connectivity index (χ4n) is 3.91. The fourth-order valence-corrected chi connectivity index (χ4v) is 10.3. The lowest BCUT2D eigenvalue weighted by Crippen LogP contribution is -2.33. The third-order valence-corrected chi connectivity index (χ3v) is 14.0. The van der Waals surface area contributed by atoms with E-state index in [0.717, 1.165) is 25.4 Å². The van der Waals surface area contributed by atoms with Crippen molar-refractivity contribution in [1.82, 2.24) is 0 Å². The van der Waals surface area contributed by atoms with Crippen molar-refractivity contribution in [3.05, 3.63) is 92.0 Å². The average molecular weight is 731 g/mol. The average Bonchev–Trinajstić information content (AvgIpc) is 2.89. The van der Waals surface area contributed by atoms with E-state index in [-0.39, 0.29) is 0 Å². The van der Waals surface area contributed by atoms with Crippen molar-refractivity contribution in [1.29, 1.82) is 0 Å². The summed E-state index contributed by atoms with van der Waals surface area (Å²) >= 11 is 18.7. The highest BCUT2D eigenvalue weighted by Crippen LogP contribution is 2.56. The van der Waals surface area contributed by atoms with Crippen LogP contribution >= 0.6 is 42.1 Å². The Hall–Kier alpha value is -1.60. The molecule has 0 bridgehead atoms. The maximum Gasteiger partial charge on any atom is 0.480 e. The van der Waals surface area contributed by atoms with Crippen LogP contribution in [0.25, 0.3) is 4.13 Å². The molecule has 0 saturated carbocycles. The number of benzene rings is 3. The van der Waals surface area contributed by atoms with Crippen LogP contribution in [0.1, 0.15) is 32.6 Å². The molecule has 17 heteroatoms. The quantitative estimate of drug-likeness (QED) is 0.119. The van der Waals surface area contributed by atoms with Crippen LogP contribution in [0.5, 0.6) is 0 Å². The molecule has 3 aromatic rings. The number of hydrogen-bond donors (Lipinski definition) is 0. The summed E-state index contributed by atoms with van der Waals surface area (Å²) in [6.07, 6.45) is 6.05. The first-order valence-corrected chi connectivity index (χ1v) is 18.3. The highest BCUT2D eigenvalue weighted by Gasteiger charge is 2.47. The van der Waals surface area contributed by atoms with Gasteiger partial charge in [0.2, 0.25) is 0 Å². The summed E-state index contributed by atoms with van der Waals surface area (Å²) in [4.78, 5) is 0. The van der Waals surface area contributed by atoms with Gasteiger partial charge < -0.3 is 4.13 Å². The smallest absolute Gasteiger partial charge is 0.421 e. The molecule has 238 valence electrons. The predicted molar refractivity (Wildman–Crippen MR) is 162 cm³/mol. The summed E-state index contributed by atoms with van der Waals surface area (Å²) in [5.74, 6) is 0. The van der Waals surface area contributed by atoms with E-state index in [4.69, 9.17) is 34.8 Å². The van der Waals surface area contributed by atoms with E-state index in [1.165, 1.54) is 41.6 Å². The Labute approximate surface area is 262 Å². The second-order valence-corrected chi connectivity index (χ2v) is 17.3. The number of alkyl halides is 6. The van der Waals surface area contributed by atoms with E-state index in [1.807, 2.05) is 36.4 Å². The van der Waals surface area contributed by atoms with Crippen LogP contribution in [0, 0.1) is 0 Å². The van der Waals surface area contributed by atoms with Gasteiger partial charge in [0.25, 0.3) is 0 Å². The van der Waals surface area contributed by atoms with Crippen LogP contribution in [-0.2, 0) is 20.0 Å². The molecule has 0 fully saturated rings.